The first-order valence-electron chi connectivity index (χ1n) is 12.0. The maximum absolute atomic E-state index is 12.8. The molecular formula is C25H35N5O3. The Bertz CT molecular complexity index is 845. The standard InChI is InChI=1S/C25H35N5O3/c1-21-8-5-6-14-29(21)25(33)20-27-16-18-28(19-17-27)23(31)11-12-24(32)30(15-7-13-26)22-9-3-2-4-10-22/h2-4,9-10,21H,5-8,11-12,14-20H2,1H3. The minimum absolute atomic E-state index is 0.0349. The van der Waals surface area contributed by atoms with E-state index in [1.54, 1.807) is 9.80 Å². The highest BCUT2D eigenvalue weighted by Gasteiger charge is 2.27. The monoisotopic (exact) mass is 453 g/mol. The Morgan fingerprint density at radius 2 is 1.73 bits per heavy atom. The van der Waals surface area contributed by atoms with Gasteiger partial charge in [-0.3, -0.25) is 19.3 Å². The zero-order valence-electron chi connectivity index (χ0n) is 19.6. The fourth-order valence-electron chi connectivity index (χ4n) is 4.58. The van der Waals surface area contributed by atoms with E-state index in [1.165, 1.54) is 6.42 Å². The Balaban J connectivity index is 1.43. The summed E-state index contributed by atoms with van der Waals surface area (Å²) in [5.41, 5.74) is 0.742. The first kappa shape index (κ1) is 24.7. The lowest BCUT2D eigenvalue weighted by atomic mass is 10.0. The lowest BCUT2D eigenvalue weighted by Crippen LogP contribution is -2.53. The third kappa shape index (κ3) is 7.03. The van der Waals surface area contributed by atoms with Crippen molar-refractivity contribution in [3.05, 3.63) is 30.3 Å². The number of nitrogens with zero attached hydrogens (tertiary/aromatic N) is 5. The summed E-state index contributed by atoms with van der Waals surface area (Å²) in [5, 5.41) is 8.92. The molecule has 0 radical (unpaired) electrons. The molecule has 0 spiro atoms. The van der Waals surface area contributed by atoms with Crippen molar-refractivity contribution in [1.82, 2.24) is 14.7 Å². The van der Waals surface area contributed by atoms with Gasteiger partial charge >= 0.3 is 0 Å². The molecule has 33 heavy (non-hydrogen) atoms. The quantitative estimate of drug-likeness (QED) is 0.603. The maximum Gasteiger partial charge on any atom is 0.236 e. The van der Waals surface area contributed by atoms with Crippen LogP contribution in [0.15, 0.2) is 30.3 Å². The molecule has 2 saturated heterocycles. The van der Waals surface area contributed by atoms with Gasteiger partial charge in [0, 0.05) is 63.8 Å². The molecule has 178 valence electrons. The summed E-state index contributed by atoms with van der Waals surface area (Å²) in [5.74, 6) is 0.00269. The van der Waals surface area contributed by atoms with Crippen molar-refractivity contribution in [3.63, 3.8) is 0 Å². The van der Waals surface area contributed by atoms with Gasteiger partial charge < -0.3 is 14.7 Å². The zero-order chi connectivity index (χ0) is 23.6. The Morgan fingerprint density at radius 3 is 2.39 bits per heavy atom. The third-order valence-electron chi connectivity index (χ3n) is 6.58. The molecule has 3 amide bonds. The van der Waals surface area contributed by atoms with E-state index in [-0.39, 0.29) is 37.0 Å². The van der Waals surface area contributed by atoms with E-state index in [4.69, 9.17) is 5.26 Å². The van der Waals surface area contributed by atoms with Gasteiger partial charge in [0.25, 0.3) is 0 Å². The molecule has 3 rings (SSSR count). The van der Waals surface area contributed by atoms with E-state index in [0.717, 1.165) is 25.1 Å². The number of piperidine rings is 1. The summed E-state index contributed by atoms with van der Waals surface area (Å²) < 4.78 is 0. The van der Waals surface area contributed by atoms with Crippen LogP contribution >= 0.6 is 0 Å². The molecule has 8 heteroatoms. The minimum Gasteiger partial charge on any atom is -0.340 e. The van der Waals surface area contributed by atoms with Gasteiger partial charge in [-0.2, -0.15) is 5.26 Å². The normalized spacial score (nSPS) is 19.1. The van der Waals surface area contributed by atoms with Gasteiger partial charge in [0.2, 0.25) is 17.7 Å². The molecule has 1 unspecified atom stereocenters. The number of piperazine rings is 1. The van der Waals surface area contributed by atoms with Crippen molar-refractivity contribution in [2.45, 2.75) is 51.5 Å². The number of nitriles is 1. The Kier molecular flexibility index (Phi) is 9.25. The largest absolute Gasteiger partial charge is 0.340 e. The van der Waals surface area contributed by atoms with Crippen LogP contribution in [0.2, 0.25) is 0 Å². The van der Waals surface area contributed by atoms with Gasteiger partial charge in [0.05, 0.1) is 19.0 Å². The summed E-state index contributed by atoms with van der Waals surface area (Å²) in [6.07, 6.45) is 3.85. The van der Waals surface area contributed by atoms with E-state index in [9.17, 15) is 14.4 Å². The van der Waals surface area contributed by atoms with Crippen LogP contribution in [0.1, 0.15) is 45.4 Å². The third-order valence-corrected chi connectivity index (χ3v) is 6.58. The average Bonchev–Trinajstić information content (AvgIpc) is 2.84. The number of benzene rings is 1. The molecule has 0 bridgehead atoms. The number of para-hydroxylation sites is 1. The van der Waals surface area contributed by atoms with Gasteiger partial charge in [-0.1, -0.05) is 18.2 Å². The van der Waals surface area contributed by atoms with Crippen molar-refractivity contribution in [3.8, 4) is 6.07 Å². The van der Waals surface area contributed by atoms with Crippen molar-refractivity contribution in [1.29, 1.82) is 5.26 Å². The molecule has 0 aromatic heterocycles. The van der Waals surface area contributed by atoms with Crippen molar-refractivity contribution in [2.24, 2.45) is 0 Å². The van der Waals surface area contributed by atoms with Gasteiger partial charge in [-0.15, -0.1) is 0 Å². The van der Waals surface area contributed by atoms with Crippen LogP contribution in [0, 0.1) is 11.3 Å². The maximum atomic E-state index is 12.8. The van der Waals surface area contributed by atoms with Gasteiger partial charge in [-0.25, -0.2) is 0 Å². The zero-order valence-corrected chi connectivity index (χ0v) is 19.6. The fraction of sp³-hybridized carbons (Fsp3) is 0.600. The number of rotatable bonds is 8. The predicted molar refractivity (Wildman–Crippen MR) is 126 cm³/mol. The molecule has 0 N–H and O–H groups in total. The number of anilines is 1. The average molecular weight is 454 g/mol. The van der Waals surface area contributed by atoms with Gasteiger partial charge in [-0.05, 0) is 38.3 Å². The number of hydrogen-bond acceptors (Lipinski definition) is 5. The summed E-state index contributed by atoms with van der Waals surface area (Å²) in [4.78, 5) is 45.6. The Hall–Kier alpha value is -2.92. The van der Waals surface area contributed by atoms with Crippen LogP contribution in [-0.4, -0.2) is 84.3 Å². The van der Waals surface area contributed by atoms with Gasteiger partial charge in [0.1, 0.15) is 0 Å². The fourth-order valence-corrected chi connectivity index (χ4v) is 4.58. The van der Waals surface area contributed by atoms with E-state index in [2.05, 4.69) is 17.9 Å². The van der Waals surface area contributed by atoms with E-state index >= 15 is 0 Å². The van der Waals surface area contributed by atoms with Crippen LogP contribution in [-0.2, 0) is 14.4 Å². The molecule has 0 saturated carbocycles. The number of likely N-dealkylation sites (tertiary alicyclic amines) is 1. The van der Waals surface area contributed by atoms with E-state index in [1.807, 2.05) is 35.2 Å². The molecule has 2 aliphatic rings. The van der Waals surface area contributed by atoms with Crippen molar-refractivity contribution in [2.75, 3.05) is 50.7 Å². The smallest absolute Gasteiger partial charge is 0.236 e. The molecule has 2 aliphatic heterocycles. The molecule has 8 nitrogen and oxygen atoms in total. The lowest BCUT2D eigenvalue weighted by Gasteiger charge is -2.38. The Labute approximate surface area is 196 Å². The first-order valence-corrected chi connectivity index (χ1v) is 12.0. The molecule has 2 fully saturated rings. The number of carbonyl (C=O) groups is 3. The molecule has 2 heterocycles. The number of amides is 3. The highest BCUT2D eigenvalue weighted by Crippen LogP contribution is 2.18. The molecule has 1 aromatic carbocycles. The summed E-state index contributed by atoms with van der Waals surface area (Å²) in [6, 6.07) is 11.6. The van der Waals surface area contributed by atoms with Gasteiger partial charge in [0.15, 0.2) is 0 Å². The van der Waals surface area contributed by atoms with Crippen LogP contribution in [0.5, 0.6) is 0 Å². The summed E-state index contributed by atoms with van der Waals surface area (Å²) >= 11 is 0. The summed E-state index contributed by atoms with van der Waals surface area (Å²) in [7, 11) is 0. The lowest BCUT2D eigenvalue weighted by molar-refractivity contribution is -0.138. The highest BCUT2D eigenvalue weighted by molar-refractivity contribution is 5.95. The van der Waals surface area contributed by atoms with Crippen molar-refractivity contribution >= 4 is 23.4 Å². The second kappa shape index (κ2) is 12.4. The molecule has 1 atom stereocenters. The molecule has 0 aliphatic carbocycles. The second-order valence-corrected chi connectivity index (χ2v) is 8.88. The number of carbonyl (C=O) groups excluding carboxylic acids is 3. The predicted octanol–water partition coefficient (Wildman–Crippen LogP) is 2.26. The van der Waals surface area contributed by atoms with Crippen LogP contribution < -0.4 is 4.90 Å². The van der Waals surface area contributed by atoms with Crippen LogP contribution in [0.3, 0.4) is 0 Å². The van der Waals surface area contributed by atoms with E-state index < -0.39 is 0 Å². The first-order chi connectivity index (χ1) is 16.0. The number of hydrogen-bond donors (Lipinski definition) is 0. The minimum atomic E-state index is -0.148. The van der Waals surface area contributed by atoms with E-state index in [0.29, 0.717) is 45.3 Å². The second-order valence-electron chi connectivity index (χ2n) is 8.88. The van der Waals surface area contributed by atoms with Crippen LogP contribution in [0.4, 0.5) is 5.69 Å². The summed E-state index contributed by atoms with van der Waals surface area (Å²) in [6.45, 7) is 6.19. The molecular weight excluding hydrogens is 418 g/mol. The Morgan fingerprint density at radius 1 is 1.00 bits per heavy atom. The topological polar surface area (TPSA) is 88.0 Å². The SMILES string of the molecule is CC1CCCCN1C(=O)CN1CCN(C(=O)CCC(=O)N(CCC#N)c2ccccc2)CC1. The van der Waals surface area contributed by atoms with Crippen LogP contribution in [0.25, 0.3) is 0 Å². The van der Waals surface area contributed by atoms with Crippen molar-refractivity contribution < 1.29 is 14.4 Å². The highest BCUT2D eigenvalue weighted by atomic mass is 16.2. The molecule has 1 aromatic rings.